The number of rotatable bonds is 7. The highest BCUT2D eigenvalue weighted by Gasteiger charge is 2.32. The van der Waals surface area contributed by atoms with Crippen LogP contribution >= 0.6 is 7.14 Å². The Bertz CT molecular complexity index is 212. The molecular formula is C12H25O3P. The van der Waals surface area contributed by atoms with E-state index >= 15 is 0 Å². The first-order valence-electron chi connectivity index (χ1n) is 6.52. The van der Waals surface area contributed by atoms with Crippen molar-refractivity contribution in [2.24, 2.45) is 0 Å². The largest absolute Gasteiger partial charge is 0.396 e. The van der Waals surface area contributed by atoms with Crippen LogP contribution in [-0.2, 0) is 4.57 Å². The molecule has 0 aromatic rings. The van der Waals surface area contributed by atoms with E-state index in [1.807, 2.05) is 0 Å². The standard InChI is InChI=1S/C12H25O3P/c13-8-4-10-16(15,11-5-9-14)12-6-2-1-3-7-12/h12-14H,1-11H2. The number of aliphatic hydroxyl groups excluding tert-OH is 2. The molecular weight excluding hydrogens is 223 g/mol. The highest BCUT2D eigenvalue weighted by molar-refractivity contribution is 7.64. The molecule has 1 aliphatic carbocycles. The lowest BCUT2D eigenvalue weighted by atomic mass is 10.0. The summed E-state index contributed by atoms with van der Waals surface area (Å²) in [6.45, 7) is 0.270. The maximum Gasteiger partial charge on any atom is 0.0908 e. The zero-order valence-electron chi connectivity index (χ0n) is 10.1. The SMILES string of the molecule is O=P(CCCO)(CCCO)C1CCCCC1. The maximum absolute atomic E-state index is 12.9. The molecule has 2 N–H and O–H groups in total. The molecule has 4 heteroatoms. The van der Waals surface area contributed by atoms with Gasteiger partial charge in [0.15, 0.2) is 0 Å². The summed E-state index contributed by atoms with van der Waals surface area (Å²) in [5, 5.41) is 17.8. The fraction of sp³-hybridized carbons (Fsp3) is 1.00. The van der Waals surface area contributed by atoms with Crippen LogP contribution in [0.1, 0.15) is 44.9 Å². The van der Waals surface area contributed by atoms with Crippen molar-refractivity contribution in [3.8, 4) is 0 Å². The third kappa shape index (κ3) is 4.20. The predicted molar refractivity (Wildman–Crippen MR) is 67.6 cm³/mol. The average molecular weight is 248 g/mol. The first-order chi connectivity index (χ1) is 7.73. The van der Waals surface area contributed by atoms with E-state index in [-0.39, 0.29) is 13.2 Å². The molecule has 0 heterocycles. The summed E-state index contributed by atoms with van der Waals surface area (Å²) in [6.07, 6.45) is 8.51. The normalized spacial score (nSPS) is 18.9. The Balaban J connectivity index is 2.56. The van der Waals surface area contributed by atoms with Gasteiger partial charge in [-0.1, -0.05) is 19.3 Å². The lowest BCUT2D eigenvalue weighted by molar-refractivity contribution is 0.292. The van der Waals surface area contributed by atoms with Crippen molar-refractivity contribution in [2.45, 2.75) is 50.6 Å². The van der Waals surface area contributed by atoms with Crippen molar-refractivity contribution >= 4 is 7.14 Å². The van der Waals surface area contributed by atoms with E-state index in [2.05, 4.69) is 0 Å². The van der Waals surface area contributed by atoms with Crippen LogP contribution in [-0.4, -0.2) is 41.4 Å². The van der Waals surface area contributed by atoms with Crippen molar-refractivity contribution in [2.75, 3.05) is 25.5 Å². The molecule has 0 amide bonds. The molecule has 0 bridgehead atoms. The second-order valence-electron chi connectivity index (χ2n) is 4.85. The topological polar surface area (TPSA) is 57.5 Å². The second kappa shape index (κ2) is 7.47. The zero-order valence-corrected chi connectivity index (χ0v) is 11.0. The average Bonchev–Trinajstić information content (AvgIpc) is 2.35. The number of hydrogen-bond donors (Lipinski definition) is 2. The van der Waals surface area contributed by atoms with Gasteiger partial charge in [0.05, 0.1) is 7.14 Å². The summed E-state index contributed by atoms with van der Waals surface area (Å²) in [4.78, 5) is 0. The van der Waals surface area contributed by atoms with Crippen molar-refractivity contribution in [1.29, 1.82) is 0 Å². The molecule has 0 atom stereocenters. The number of aliphatic hydroxyl groups is 2. The first-order valence-corrected chi connectivity index (χ1v) is 8.67. The fourth-order valence-corrected chi connectivity index (χ4v) is 6.32. The Labute approximate surface area is 98.6 Å². The van der Waals surface area contributed by atoms with Gasteiger partial charge in [-0.25, -0.2) is 0 Å². The van der Waals surface area contributed by atoms with Crippen molar-refractivity contribution in [1.82, 2.24) is 0 Å². The molecule has 0 unspecified atom stereocenters. The van der Waals surface area contributed by atoms with Gasteiger partial charge < -0.3 is 14.8 Å². The van der Waals surface area contributed by atoms with E-state index in [0.717, 1.165) is 12.8 Å². The predicted octanol–water partition coefficient (Wildman–Crippen LogP) is 2.45. The third-order valence-corrected chi connectivity index (χ3v) is 7.62. The smallest absolute Gasteiger partial charge is 0.0908 e. The van der Waals surface area contributed by atoms with Gasteiger partial charge >= 0.3 is 0 Å². The Hall–Kier alpha value is 0.150. The fourth-order valence-electron chi connectivity index (χ4n) is 2.71. The summed E-state index contributed by atoms with van der Waals surface area (Å²) in [5.74, 6) is 0. The lowest BCUT2D eigenvalue weighted by Gasteiger charge is -2.30. The molecule has 0 saturated heterocycles. The number of hydrogen-bond acceptors (Lipinski definition) is 3. The van der Waals surface area contributed by atoms with Crippen molar-refractivity contribution in [3.63, 3.8) is 0 Å². The lowest BCUT2D eigenvalue weighted by Crippen LogP contribution is -2.18. The molecule has 1 aliphatic rings. The minimum Gasteiger partial charge on any atom is -0.396 e. The molecule has 0 spiro atoms. The quantitative estimate of drug-likeness (QED) is 0.680. The molecule has 16 heavy (non-hydrogen) atoms. The van der Waals surface area contributed by atoms with Gasteiger partial charge in [0.1, 0.15) is 0 Å². The minimum absolute atomic E-state index is 0.135. The summed E-state index contributed by atoms with van der Waals surface area (Å²) >= 11 is 0. The Morgan fingerprint density at radius 1 is 0.938 bits per heavy atom. The van der Waals surface area contributed by atoms with E-state index in [4.69, 9.17) is 10.2 Å². The first kappa shape index (κ1) is 14.2. The molecule has 1 rings (SSSR count). The Kier molecular flexibility index (Phi) is 6.64. The van der Waals surface area contributed by atoms with Gasteiger partial charge in [-0.05, 0) is 25.7 Å². The molecule has 1 saturated carbocycles. The van der Waals surface area contributed by atoms with Crippen LogP contribution in [0, 0.1) is 0 Å². The molecule has 1 fully saturated rings. The second-order valence-corrected chi connectivity index (χ2v) is 8.38. The highest BCUT2D eigenvalue weighted by Crippen LogP contribution is 2.56. The van der Waals surface area contributed by atoms with Gasteiger partial charge in [0.25, 0.3) is 0 Å². The van der Waals surface area contributed by atoms with Crippen LogP contribution in [0.25, 0.3) is 0 Å². The van der Waals surface area contributed by atoms with Crippen LogP contribution in [0.2, 0.25) is 0 Å². The van der Waals surface area contributed by atoms with Crippen molar-refractivity contribution < 1.29 is 14.8 Å². The molecule has 96 valence electrons. The minimum atomic E-state index is -2.15. The maximum atomic E-state index is 12.9. The Morgan fingerprint density at radius 2 is 1.44 bits per heavy atom. The van der Waals surface area contributed by atoms with E-state index in [0.29, 0.717) is 30.8 Å². The summed E-state index contributed by atoms with van der Waals surface area (Å²) in [6, 6.07) is 0. The Morgan fingerprint density at radius 3 is 1.88 bits per heavy atom. The molecule has 0 aromatic carbocycles. The van der Waals surface area contributed by atoms with Gasteiger partial charge in [-0.15, -0.1) is 0 Å². The van der Waals surface area contributed by atoms with Crippen LogP contribution in [0.15, 0.2) is 0 Å². The molecule has 0 aromatic heterocycles. The molecule has 0 aliphatic heterocycles. The van der Waals surface area contributed by atoms with Gasteiger partial charge in [-0.3, -0.25) is 0 Å². The highest BCUT2D eigenvalue weighted by atomic mass is 31.2. The zero-order chi connectivity index (χ0) is 11.9. The summed E-state index contributed by atoms with van der Waals surface area (Å²) < 4.78 is 12.9. The monoisotopic (exact) mass is 248 g/mol. The van der Waals surface area contributed by atoms with Gasteiger partial charge in [0, 0.05) is 31.2 Å². The van der Waals surface area contributed by atoms with E-state index < -0.39 is 7.14 Å². The molecule has 3 nitrogen and oxygen atoms in total. The van der Waals surface area contributed by atoms with E-state index in [1.54, 1.807) is 0 Å². The third-order valence-electron chi connectivity index (χ3n) is 3.63. The van der Waals surface area contributed by atoms with Crippen molar-refractivity contribution in [3.05, 3.63) is 0 Å². The van der Waals surface area contributed by atoms with Gasteiger partial charge in [0.2, 0.25) is 0 Å². The van der Waals surface area contributed by atoms with E-state index in [9.17, 15) is 4.57 Å². The van der Waals surface area contributed by atoms with Crippen LogP contribution in [0.4, 0.5) is 0 Å². The van der Waals surface area contributed by atoms with Crippen LogP contribution in [0.5, 0.6) is 0 Å². The van der Waals surface area contributed by atoms with Crippen LogP contribution in [0.3, 0.4) is 0 Å². The molecule has 0 radical (unpaired) electrons. The van der Waals surface area contributed by atoms with Gasteiger partial charge in [-0.2, -0.15) is 0 Å². The van der Waals surface area contributed by atoms with E-state index in [1.165, 1.54) is 19.3 Å². The summed E-state index contributed by atoms with van der Waals surface area (Å²) in [7, 11) is -2.15. The summed E-state index contributed by atoms with van der Waals surface area (Å²) in [5.41, 5.74) is 0.374. The van der Waals surface area contributed by atoms with Crippen LogP contribution < -0.4 is 0 Å².